The number of hydrogen-bond acceptors (Lipinski definition) is 5. The smallest absolute Gasteiger partial charge is 0.416 e. The van der Waals surface area contributed by atoms with Crippen LogP contribution in [-0.4, -0.2) is 37.7 Å². The fraction of sp³-hybridized carbons (Fsp3) is 0.211. The minimum Gasteiger partial charge on any atom is -0.497 e. The van der Waals surface area contributed by atoms with Crippen LogP contribution in [-0.2, 0) is 16.2 Å². The minimum atomic E-state index is -4.62. The highest BCUT2D eigenvalue weighted by Crippen LogP contribution is 2.33. The lowest BCUT2D eigenvalue weighted by Crippen LogP contribution is -2.22. The van der Waals surface area contributed by atoms with Gasteiger partial charge in [-0.1, -0.05) is 0 Å². The summed E-state index contributed by atoms with van der Waals surface area (Å²) in [6.07, 6.45) is -1.70. The lowest BCUT2D eigenvalue weighted by Gasteiger charge is -2.16. The van der Waals surface area contributed by atoms with Crippen molar-refractivity contribution in [3.05, 3.63) is 66.5 Å². The summed E-state index contributed by atoms with van der Waals surface area (Å²) in [7, 11) is -2.49. The van der Waals surface area contributed by atoms with Crippen LogP contribution in [0.5, 0.6) is 11.5 Å². The molecule has 0 aliphatic carbocycles. The second-order valence-corrected chi connectivity index (χ2v) is 7.97. The van der Waals surface area contributed by atoms with Gasteiger partial charge in [-0.05, 0) is 48.5 Å². The first-order chi connectivity index (χ1) is 14.2. The Morgan fingerprint density at radius 3 is 2.40 bits per heavy atom. The van der Waals surface area contributed by atoms with Crippen molar-refractivity contribution in [2.45, 2.75) is 6.18 Å². The molecule has 0 spiro atoms. The molecule has 1 heterocycles. The number of hydrogen-bond donors (Lipinski definition) is 1. The Hall–Kier alpha value is -3.21. The highest BCUT2D eigenvalue weighted by Gasteiger charge is 2.31. The van der Waals surface area contributed by atoms with Crippen LogP contribution >= 0.6 is 0 Å². The molecule has 160 valence electrons. The lowest BCUT2D eigenvalue weighted by molar-refractivity contribution is -0.137. The van der Waals surface area contributed by atoms with Crippen LogP contribution in [0.2, 0.25) is 0 Å². The summed E-state index contributed by atoms with van der Waals surface area (Å²) in [4.78, 5) is 0. The monoisotopic (exact) mass is 441 g/mol. The second kappa shape index (κ2) is 8.66. The molecular formula is C19H18F3N3O4S. The first-order valence-electron chi connectivity index (χ1n) is 8.66. The zero-order valence-corrected chi connectivity index (χ0v) is 16.6. The highest BCUT2D eigenvalue weighted by atomic mass is 32.2. The second-order valence-electron chi connectivity index (χ2n) is 6.13. The average molecular weight is 441 g/mol. The number of ether oxygens (including phenoxy) is 2. The van der Waals surface area contributed by atoms with Crippen molar-refractivity contribution in [1.29, 1.82) is 0 Å². The standard InChI is InChI=1S/C19H18F3N3O4S/c1-28-15-4-6-16(7-5-15)29-11-12-30(26,27)24-17-13-14(19(20,21)22)3-8-18(17)25-10-2-9-23-25/h2-10,13,24H,11-12H2,1H3. The summed E-state index contributed by atoms with van der Waals surface area (Å²) < 4.78 is 78.1. The number of halogens is 3. The van der Waals surface area contributed by atoms with Crippen molar-refractivity contribution in [3.63, 3.8) is 0 Å². The Morgan fingerprint density at radius 2 is 1.80 bits per heavy atom. The van der Waals surface area contributed by atoms with E-state index in [9.17, 15) is 21.6 Å². The number of nitrogens with one attached hydrogen (secondary N) is 1. The van der Waals surface area contributed by atoms with Gasteiger partial charge in [0.05, 0.1) is 24.0 Å². The molecule has 0 saturated heterocycles. The molecule has 0 amide bonds. The number of sulfonamides is 1. The van der Waals surface area contributed by atoms with Crippen molar-refractivity contribution in [3.8, 4) is 17.2 Å². The zero-order valence-electron chi connectivity index (χ0n) is 15.8. The van der Waals surface area contributed by atoms with Gasteiger partial charge in [0.25, 0.3) is 0 Å². The Labute approximate surface area is 171 Å². The summed E-state index contributed by atoms with van der Waals surface area (Å²) in [5.74, 6) is 0.586. The molecule has 1 N–H and O–H groups in total. The van der Waals surface area contributed by atoms with Crippen molar-refractivity contribution in [2.75, 3.05) is 24.2 Å². The van der Waals surface area contributed by atoms with Crippen molar-refractivity contribution < 1.29 is 31.1 Å². The first kappa shape index (κ1) is 21.5. The van der Waals surface area contributed by atoms with Gasteiger partial charge in [0.15, 0.2) is 0 Å². The maximum atomic E-state index is 13.1. The van der Waals surface area contributed by atoms with Crippen LogP contribution < -0.4 is 14.2 Å². The molecular weight excluding hydrogens is 423 g/mol. The van der Waals surface area contributed by atoms with E-state index in [-0.39, 0.29) is 18.0 Å². The number of rotatable bonds is 8. The Balaban J connectivity index is 1.75. The van der Waals surface area contributed by atoms with E-state index in [1.165, 1.54) is 24.2 Å². The van der Waals surface area contributed by atoms with E-state index >= 15 is 0 Å². The Kier molecular flexibility index (Phi) is 6.20. The van der Waals surface area contributed by atoms with Crippen LogP contribution in [0.4, 0.5) is 18.9 Å². The van der Waals surface area contributed by atoms with Gasteiger partial charge in [0, 0.05) is 12.4 Å². The molecule has 0 aliphatic rings. The van der Waals surface area contributed by atoms with Gasteiger partial charge in [-0.25, -0.2) is 13.1 Å². The summed E-state index contributed by atoms with van der Waals surface area (Å²) >= 11 is 0. The molecule has 0 unspecified atom stereocenters. The molecule has 3 rings (SSSR count). The van der Waals surface area contributed by atoms with E-state index in [4.69, 9.17) is 9.47 Å². The van der Waals surface area contributed by atoms with Crippen LogP contribution in [0.15, 0.2) is 60.9 Å². The predicted molar refractivity (Wildman–Crippen MR) is 104 cm³/mol. The van der Waals surface area contributed by atoms with Gasteiger partial charge in [0.1, 0.15) is 23.9 Å². The molecule has 0 radical (unpaired) electrons. The van der Waals surface area contributed by atoms with Gasteiger partial charge >= 0.3 is 6.18 Å². The molecule has 30 heavy (non-hydrogen) atoms. The van der Waals surface area contributed by atoms with Crippen LogP contribution in [0.3, 0.4) is 0 Å². The first-order valence-corrected chi connectivity index (χ1v) is 10.3. The van der Waals surface area contributed by atoms with E-state index in [1.54, 1.807) is 30.3 Å². The Morgan fingerprint density at radius 1 is 1.10 bits per heavy atom. The minimum absolute atomic E-state index is 0.160. The third-order valence-corrected chi connectivity index (χ3v) is 5.26. The predicted octanol–water partition coefficient (Wildman–Crippen LogP) is 3.72. The summed E-state index contributed by atoms with van der Waals surface area (Å²) in [6, 6.07) is 10.9. The van der Waals surface area contributed by atoms with Crippen molar-refractivity contribution in [1.82, 2.24) is 9.78 Å². The number of anilines is 1. The zero-order chi connectivity index (χ0) is 21.8. The number of aromatic nitrogens is 2. The molecule has 7 nitrogen and oxygen atoms in total. The van der Waals surface area contributed by atoms with Crippen molar-refractivity contribution in [2.24, 2.45) is 0 Å². The molecule has 0 bridgehead atoms. The number of benzene rings is 2. The van der Waals surface area contributed by atoms with E-state index < -0.39 is 27.5 Å². The average Bonchev–Trinajstić information content (AvgIpc) is 3.22. The number of nitrogens with zero attached hydrogens (tertiary/aromatic N) is 2. The maximum Gasteiger partial charge on any atom is 0.416 e. The van der Waals surface area contributed by atoms with Gasteiger partial charge in [-0.2, -0.15) is 18.3 Å². The van der Waals surface area contributed by atoms with Gasteiger partial charge in [-0.3, -0.25) is 4.72 Å². The van der Waals surface area contributed by atoms with Crippen LogP contribution in [0.1, 0.15) is 5.56 Å². The SMILES string of the molecule is COc1ccc(OCCS(=O)(=O)Nc2cc(C(F)(F)F)ccc2-n2cccn2)cc1. The molecule has 0 aliphatic heterocycles. The van der Waals surface area contributed by atoms with Gasteiger partial charge < -0.3 is 9.47 Å². The number of alkyl halides is 3. The molecule has 1 aromatic heterocycles. The molecule has 0 saturated carbocycles. The maximum absolute atomic E-state index is 13.1. The summed E-state index contributed by atoms with van der Waals surface area (Å²) in [5.41, 5.74) is -1.06. The molecule has 0 atom stereocenters. The lowest BCUT2D eigenvalue weighted by atomic mass is 10.1. The highest BCUT2D eigenvalue weighted by molar-refractivity contribution is 7.92. The normalized spacial score (nSPS) is 11.9. The largest absolute Gasteiger partial charge is 0.497 e. The molecule has 3 aromatic rings. The molecule has 0 fully saturated rings. The van der Waals surface area contributed by atoms with E-state index in [0.717, 1.165) is 18.2 Å². The molecule has 2 aromatic carbocycles. The summed E-state index contributed by atoms with van der Waals surface area (Å²) in [5, 5.41) is 3.95. The third kappa shape index (κ3) is 5.44. The third-order valence-electron chi connectivity index (χ3n) is 4.02. The van der Waals surface area contributed by atoms with Crippen LogP contribution in [0.25, 0.3) is 5.69 Å². The number of methoxy groups -OCH3 is 1. The quantitative estimate of drug-likeness (QED) is 0.576. The molecule has 11 heteroatoms. The van der Waals surface area contributed by atoms with Gasteiger partial charge in [-0.15, -0.1) is 0 Å². The van der Waals surface area contributed by atoms with Gasteiger partial charge in [0.2, 0.25) is 10.0 Å². The fourth-order valence-corrected chi connectivity index (χ4v) is 3.47. The summed E-state index contributed by atoms with van der Waals surface area (Å²) in [6.45, 7) is -0.197. The fourth-order valence-electron chi connectivity index (χ4n) is 2.56. The van der Waals surface area contributed by atoms with E-state index in [2.05, 4.69) is 9.82 Å². The topological polar surface area (TPSA) is 82.5 Å². The van der Waals surface area contributed by atoms with Crippen LogP contribution in [0, 0.1) is 0 Å². The van der Waals surface area contributed by atoms with E-state index in [0.29, 0.717) is 11.5 Å². The Bertz CT molecular complexity index is 1080. The van der Waals surface area contributed by atoms with E-state index in [1.807, 2.05) is 0 Å². The van der Waals surface area contributed by atoms with Crippen molar-refractivity contribution >= 4 is 15.7 Å².